The third kappa shape index (κ3) is 3.03. The predicted octanol–water partition coefficient (Wildman–Crippen LogP) is 3.89. The Balaban J connectivity index is 1.50. The number of hydrogen-bond donors (Lipinski definition) is 0. The number of fused-ring (bicyclic) bond motifs is 1. The summed E-state index contributed by atoms with van der Waals surface area (Å²) in [7, 11) is 0. The van der Waals surface area contributed by atoms with Gasteiger partial charge in [0.1, 0.15) is 5.52 Å². The molecule has 1 aliphatic carbocycles. The van der Waals surface area contributed by atoms with Crippen LogP contribution in [0.25, 0.3) is 11.1 Å². The zero-order chi connectivity index (χ0) is 15.8. The number of piperidine rings is 1. The van der Waals surface area contributed by atoms with Gasteiger partial charge in [-0.3, -0.25) is 4.79 Å². The Morgan fingerprint density at radius 3 is 2.91 bits per heavy atom. The normalized spacial score (nSPS) is 22.6. The number of nitrogens with zero attached hydrogens (tertiary/aromatic N) is 2. The summed E-state index contributed by atoms with van der Waals surface area (Å²) in [5.41, 5.74) is 2.96. The van der Waals surface area contributed by atoms with Crippen LogP contribution in [0.3, 0.4) is 0 Å². The third-order valence-electron chi connectivity index (χ3n) is 4.97. The maximum Gasteiger partial charge on any atom is 0.246 e. The molecule has 1 saturated heterocycles. The number of para-hydroxylation sites is 2. The molecule has 0 bridgehead atoms. The average Bonchev–Trinajstić information content (AvgIpc) is 3.33. The minimum absolute atomic E-state index is 0.148. The molecule has 0 spiro atoms. The molecule has 1 aromatic carbocycles. The van der Waals surface area contributed by atoms with E-state index in [1.54, 1.807) is 0 Å². The first-order valence-corrected chi connectivity index (χ1v) is 8.53. The number of amides is 1. The lowest BCUT2D eigenvalue weighted by atomic mass is 9.97. The van der Waals surface area contributed by atoms with E-state index in [-0.39, 0.29) is 11.8 Å². The fourth-order valence-electron chi connectivity index (χ4n) is 3.39. The van der Waals surface area contributed by atoms with Crippen LogP contribution in [0.1, 0.15) is 44.4 Å². The van der Waals surface area contributed by atoms with Gasteiger partial charge < -0.3 is 9.32 Å². The van der Waals surface area contributed by atoms with E-state index in [1.807, 2.05) is 35.2 Å². The van der Waals surface area contributed by atoms with Crippen molar-refractivity contribution in [3.63, 3.8) is 0 Å². The highest BCUT2D eigenvalue weighted by molar-refractivity contribution is 5.88. The van der Waals surface area contributed by atoms with E-state index in [0.29, 0.717) is 12.5 Å². The molecule has 1 aliphatic heterocycles. The number of carbonyl (C=O) groups is 1. The number of rotatable bonds is 3. The number of benzene rings is 1. The molecule has 2 heterocycles. The van der Waals surface area contributed by atoms with E-state index in [2.05, 4.69) is 11.9 Å². The third-order valence-corrected chi connectivity index (χ3v) is 4.97. The molecule has 23 heavy (non-hydrogen) atoms. The summed E-state index contributed by atoms with van der Waals surface area (Å²) in [5, 5.41) is 0. The highest BCUT2D eigenvalue weighted by Gasteiger charge is 2.29. The van der Waals surface area contributed by atoms with Crippen molar-refractivity contribution in [2.45, 2.75) is 38.5 Å². The van der Waals surface area contributed by atoms with Crippen LogP contribution < -0.4 is 0 Å². The van der Waals surface area contributed by atoms with Gasteiger partial charge in [0.05, 0.1) is 5.92 Å². The molecule has 1 saturated carbocycles. The van der Waals surface area contributed by atoms with Gasteiger partial charge in [0.2, 0.25) is 5.91 Å². The molecule has 4 nitrogen and oxygen atoms in total. The van der Waals surface area contributed by atoms with E-state index in [4.69, 9.17) is 4.42 Å². The quantitative estimate of drug-likeness (QED) is 0.808. The molecule has 1 aromatic heterocycles. The van der Waals surface area contributed by atoms with Crippen molar-refractivity contribution in [1.82, 2.24) is 9.88 Å². The molecule has 4 rings (SSSR count). The van der Waals surface area contributed by atoms with Gasteiger partial charge in [-0.2, -0.15) is 0 Å². The first-order valence-electron chi connectivity index (χ1n) is 8.53. The lowest BCUT2D eigenvalue weighted by molar-refractivity contribution is -0.127. The molecule has 2 aromatic rings. The van der Waals surface area contributed by atoms with Gasteiger partial charge >= 0.3 is 0 Å². The molecular weight excluding hydrogens is 288 g/mol. The molecule has 120 valence electrons. The van der Waals surface area contributed by atoms with Crippen LogP contribution in [0.2, 0.25) is 0 Å². The van der Waals surface area contributed by atoms with E-state index < -0.39 is 0 Å². The van der Waals surface area contributed by atoms with Crippen molar-refractivity contribution >= 4 is 17.0 Å². The van der Waals surface area contributed by atoms with E-state index in [1.165, 1.54) is 18.4 Å². The van der Waals surface area contributed by atoms with Crippen LogP contribution in [-0.2, 0) is 4.79 Å². The SMILES string of the molecule is C/C(=C/C(=O)N1CCC[C@@H](c2nc3ccccc3o2)C1)C1CC1. The smallest absolute Gasteiger partial charge is 0.246 e. The number of oxazole rings is 1. The van der Waals surface area contributed by atoms with Crippen molar-refractivity contribution in [2.75, 3.05) is 13.1 Å². The fraction of sp³-hybridized carbons (Fsp3) is 0.474. The highest BCUT2D eigenvalue weighted by Crippen LogP contribution is 2.36. The summed E-state index contributed by atoms with van der Waals surface area (Å²) in [4.78, 5) is 19.1. The Morgan fingerprint density at radius 2 is 2.13 bits per heavy atom. The largest absolute Gasteiger partial charge is 0.440 e. The molecule has 0 N–H and O–H groups in total. The molecular formula is C19H22N2O2. The van der Waals surface area contributed by atoms with E-state index in [9.17, 15) is 4.79 Å². The summed E-state index contributed by atoms with van der Waals surface area (Å²) in [5.74, 6) is 1.77. The van der Waals surface area contributed by atoms with Gasteiger partial charge in [-0.1, -0.05) is 17.7 Å². The predicted molar refractivity (Wildman–Crippen MR) is 89.0 cm³/mol. The first-order chi connectivity index (χ1) is 11.2. The summed E-state index contributed by atoms with van der Waals surface area (Å²) in [6.45, 7) is 3.63. The van der Waals surface area contributed by atoms with Gasteiger partial charge in [-0.25, -0.2) is 4.98 Å². The second kappa shape index (κ2) is 5.84. The Morgan fingerprint density at radius 1 is 1.30 bits per heavy atom. The van der Waals surface area contributed by atoms with Crippen LogP contribution in [0.5, 0.6) is 0 Å². The summed E-state index contributed by atoms with van der Waals surface area (Å²) in [6.07, 6.45) is 6.35. The van der Waals surface area contributed by atoms with Crippen LogP contribution in [-0.4, -0.2) is 28.9 Å². The minimum Gasteiger partial charge on any atom is -0.440 e. The van der Waals surface area contributed by atoms with E-state index in [0.717, 1.165) is 36.4 Å². The van der Waals surface area contributed by atoms with Crippen molar-refractivity contribution < 1.29 is 9.21 Å². The summed E-state index contributed by atoms with van der Waals surface area (Å²) < 4.78 is 5.90. The maximum absolute atomic E-state index is 12.5. The van der Waals surface area contributed by atoms with E-state index >= 15 is 0 Å². The molecule has 2 aliphatic rings. The zero-order valence-electron chi connectivity index (χ0n) is 13.5. The lowest BCUT2D eigenvalue weighted by Crippen LogP contribution is -2.38. The molecule has 0 unspecified atom stereocenters. The Hall–Kier alpha value is -2.10. The zero-order valence-corrected chi connectivity index (χ0v) is 13.5. The van der Waals surface area contributed by atoms with Gasteiger partial charge in [-0.15, -0.1) is 0 Å². The Bertz CT molecular complexity index is 725. The van der Waals surface area contributed by atoms with Crippen LogP contribution in [0.15, 0.2) is 40.3 Å². The topological polar surface area (TPSA) is 46.3 Å². The number of allylic oxidation sites excluding steroid dienone is 1. The first kappa shape index (κ1) is 14.5. The monoisotopic (exact) mass is 310 g/mol. The fourth-order valence-corrected chi connectivity index (χ4v) is 3.39. The van der Waals surface area contributed by atoms with Crippen LogP contribution in [0.4, 0.5) is 0 Å². The van der Waals surface area contributed by atoms with Crippen molar-refractivity contribution in [2.24, 2.45) is 5.92 Å². The van der Waals surface area contributed by atoms with Crippen molar-refractivity contribution in [1.29, 1.82) is 0 Å². The molecule has 2 fully saturated rings. The van der Waals surface area contributed by atoms with Gasteiger partial charge in [0.15, 0.2) is 11.5 Å². The number of carbonyl (C=O) groups excluding carboxylic acids is 1. The molecule has 1 amide bonds. The van der Waals surface area contributed by atoms with Crippen molar-refractivity contribution in [3.8, 4) is 0 Å². The molecule has 0 radical (unpaired) electrons. The van der Waals surface area contributed by atoms with Crippen LogP contribution in [0, 0.1) is 5.92 Å². The average molecular weight is 310 g/mol. The number of hydrogen-bond acceptors (Lipinski definition) is 3. The highest BCUT2D eigenvalue weighted by atomic mass is 16.3. The minimum atomic E-state index is 0.148. The van der Waals surface area contributed by atoms with Gasteiger partial charge in [0.25, 0.3) is 0 Å². The maximum atomic E-state index is 12.5. The van der Waals surface area contributed by atoms with Crippen LogP contribution >= 0.6 is 0 Å². The van der Waals surface area contributed by atoms with Crippen molar-refractivity contribution in [3.05, 3.63) is 41.8 Å². The number of aromatic nitrogens is 1. The standard InChI is InChI=1S/C19H22N2O2/c1-13(14-8-9-14)11-18(22)21-10-4-5-15(12-21)19-20-16-6-2-3-7-17(16)23-19/h2-3,6-7,11,14-15H,4-5,8-10,12H2,1H3/b13-11-/t15-/m1/s1. The Kier molecular flexibility index (Phi) is 3.68. The molecule has 1 atom stereocenters. The van der Waals surface area contributed by atoms with Gasteiger partial charge in [-0.05, 0) is 50.7 Å². The summed E-state index contributed by atoms with van der Waals surface area (Å²) >= 11 is 0. The molecule has 4 heteroatoms. The second-order valence-electron chi connectivity index (χ2n) is 6.81. The Labute approximate surface area is 136 Å². The number of likely N-dealkylation sites (tertiary alicyclic amines) is 1. The lowest BCUT2D eigenvalue weighted by Gasteiger charge is -2.30. The van der Waals surface area contributed by atoms with Gasteiger partial charge in [0, 0.05) is 19.2 Å². The summed E-state index contributed by atoms with van der Waals surface area (Å²) in [6, 6.07) is 7.84. The second-order valence-corrected chi connectivity index (χ2v) is 6.81.